The number of hydrogen-bond donors (Lipinski definition) is 1. The van der Waals surface area contributed by atoms with Crippen molar-refractivity contribution in [2.24, 2.45) is 0 Å². The highest BCUT2D eigenvalue weighted by Gasteiger charge is 2.23. The van der Waals surface area contributed by atoms with Crippen LogP contribution in [0.3, 0.4) is 0 Å². The first-order valence-electron chi connectivity index (χ1n) is 6.56. The summed E-state index contributed by atoms with van der Waals surface area (Å²) in [7, 11) is 0. The van der Waals surface area contributed by atoms with E-state index in [1.807, 2.05) is 18.2 Å². The highest BCUT2D eigenvalue weighted by molar-refractivity contribution is 9.10. The number of morpholine rings is 1. The zero-order valence-corrected chi connectivity index (χ0v) is 13.1. The normalized spacial score (nSPS) is 23.2. The number of anilines is 1. The third-order valence-electron chi connectivity index (χ3n) is 3.33. The van der Waals surface area contributed by atoms with Crippen molar-refractivity contribution < 1.29 is 14.6 Å². The van der Waals surface area contributed by atoms with E-state index in [1.54, 1.807) is 6.08 Å². The van der Waals surface area contributed by atoms with Gasteiger partial charge in [-0.2, -0.15) is 0 Å². The molecule has 20 heavy (non-hydrogen) atoms. The lowest BCUT2D eigenvalue weighted by atomic mass is 10.1. The molecule has 1 saturated heterocycles. The van der Waals surface area contributed by atoms with Gasteiger partial charge in [0.1, 0.15) is 0 Å². The molecule has 0 amide bonds. The van der Waals surface area contributed by atoms with Crippen molar-refractivity contribution >= 4 is 33.7 Å². The minimum absolute atomic E-state index is 0.219. The average Bonchev–Trinajstić information content (AvgIpc) is 2.40. The van der Waals surface area contributed by atoms with Crippen LogP contribution < -0.4 is 4.90 Å². The summed E-state index contributed by atoms with van der Waals surface area (Å²) in [6.45, 7) is 5.79. The zero-order chi connectivity index (χ0) is 14.7. The standard InChI is InChI=1S/C15H18BrNO3/c1-10-9-20-11(2)8-17(10)13-5-3-12(14(16)7-13)4-6-15(18)19/h3-7,10-11H,8-9H2,1-2H3,(H,18,19)/b6-4+. The van der Waals surface area contributed by atoms with Crippen molar-refractivity contribution in [1.29, 1.82) is 0 Å². The number of hydrogen-bond acceptors (Lipinski definition) is 3. The number of nitrogens with zero attached hydrogens (tertiary/aromatic N) is 1. The quantitative estimate of drug-likeness (QED) is 0.859. The van der Waals surface area contributed by atoms with Gasteiger partial charge in [0.2, 0.25) is 0 Å². The Morgan fingerprint density at radius 3 is 2.90 bits per heavy atom. The minimum atomic E-state index is -0.948. The lowest BCUT2D eigenvalue weighted by molar-refractivity contribution is -0.131. The summed E-state index contributed by atoms with van der Waals surface area (Å²) >= 11 is 3.50. The lowest BCUT2D eigenvalue weighted by Crippen LogP contribution is -2.47. The molecule has 1 aliphatic rings. The highest BCUT2D eigenvalue weighted by Crippen LogP contribution is 2.28. The number of benzene rings is 1. The summed E-state index contributed by atoms with van der Waals surface area (Å²) in [5.74, 6) is -0.948. The number of halogens is 1. The Morgan fingerprint density at radius 2 is 2.25 bits per heavy atom. The van der Waals surface area contributed by atoms with E-state index < -0.39 is 5.97 Å². The molecule has 1 aromatic rings. The van der Waals surface area contributed by atoms with Crippen molar-refractivity contribution in [2.45, 2.75) is 26.0 Å². The van der Waals surface area contributed by atoms with Crippen molar-refractivity contribution in [3.8, 4) is 0 Å². The van der Waals surface area contributed by atoms with Crippen LogP contribution in [0, 0.1) is 0 Å². The highest BCUT2D eigenvalue weighted by atomic mass is 79.9. The van der Waals surface area contributed by atoms with Crippen LogP contribution in [0.15, 0.2) is 28.7 Å². The predicted molar refractivity (Wildman–Crippen MR) is 83.0 cm³/mol. The molecule has 108 valence electrons. The number of aliphatic carboxylic acids is 1. The number of carboxylic acid groups (broad SMARTS) is 1. The van der Waals surface area contributed by atoms with E-state index in [-0.39, 0.29) is 6.10 Å². The molecule has 2 atom stereocenters. The van der Waals surface area contributed by atoms with E-state index >= 15 is 0 Å². The Kier molecular flexibility index (Phi) is 4.83. The Balaban J connectivity index is 2.22. The van der Waals surface area contributed by atoms with E-state index in [1.165, 1.54) is 0 Å². The van der Waals surface area contributed by atoms with Crippen LogP contribution >= 0.6 is 15.9 Å². The maximum absolute atomic E-state index is 10.6. The molecule has 4 nitrogen and oxygen atoms in total. The van der Waals surface area contributed by atoms with Gasteiger partial charge in [0, 0.05) is 28.8 Å². The molecule has 0 aromatic heterocycles. The van der Waals surface area contributed by atoms with Gasteiger partial charge in [0.15, 0.2) is 0 Å². The van der Waals surface area contributed by atoms with Gasteiger partial charge < -0.3 is 14.7 Å². The molecule has 1 aromatic carbocycles. The third kappa shape index (κ3) is 3.61. The van der Waals surface area contributed by atoms with Crippen molar-refractivity contribution in [2.75, 3.05) is 18.1 Å². The molecule has 0 aliphatic carbocycles. The number of ether oxygens (including phenoxy) is 1. The number of rotatable bonds is 3. The molecule has 0 saturated carbocycles. The molecule has 0 spiro atoms. The summed E-state index contributed by atoms with van der Waals surface area (Å²) in [5.41, 5.74) is 1.97. The topological polar surface area (TPSA) is 49.8 Å². The maximum Gasteiger partial charge on any atom is 0.328 e. The van der Waals surface area contributed by atoms with Crippen molar-refractivity contribution in [3.63, 3.8) is 0 Å². The summed E-state index contributed by atoms with van der Waals surface area (Å²) in [6.07, 6.45) is 2.94. The second kappa shape index (κ2) is 6.41. The van der Waals surface area contributed by atoms with Gasteiger partial charge in [0.05, 0.1) is 12.7 Å². The Morgan fingerprint density at radius 1 is 1.50 bits per heavy atom. The molecule has 1 heterocycles. The van der Waals surface area contributed by atoms with Crippen LogP contribution in [-0.2, 0) is 9.53 Å². The summed E-state index contributed by atoms with van der Waals surface area (Å²) in [5, 5.41) is 8.66. The summed E-state index contributed by atoms with van der Waals surface area (Å²) in [6, 6.07) is 6.29. The van der Waals surface area contributed by atoms with Gasteiger partial charge >= 0.3 is 5.97 Å². The van der Waals surface area contributed by atoms with E-state index in [0.717, 1.165) is 35.0 Å². The molecular formula is C15H18BrNO3. The van der Waals surface area contributed by atoms with Gasteiger partial charge in [-0.3, -0.25) is 0 Å². The summed E-state index contributed by atoms with van der Waals surface area (Å²) < 4.78 is 6.52. The fourth-order valence-corrected chi connectivity index (χ4v) is 2.75. The second-order valence-corrected chi connectivity index (χ2v) is 5.88. The van der Waals surface area contributed by atoms with Crippen LogP contribution in [0.2, 0.25) is 0 Å². The molecule has 0 bridgehead atoms. The molecule has 2 unspecified atom stereocenters. The maximum atomic E-state index is 10.6. The molecule has 0 radical (unpaired) electrons. The van der Waals surface area contributed by atoms with Gasteiger partial charge in [-0.15, -0.1) is 0 Å². The monoisotopic (exact) mass is 339 g/mol. The minimum Gasteiger partial charge on any atom is -0.478 e. The molecule has 1 aliphatic heterocycles. The van der Waals surface area contributed by atoms with Crippen molar-refractivity contribution in [1.82, 2.24) is 0 Å². The van der Waals surface area contributed by atoms with Gasteiger partial charge in [-0.25, -0.2) is 4.79 Å². The van der Waals surface area contributed by atoms with Crippen LogP contribution in [0.25, 0.3) is 6.08 Å². The largest absolute Gasteiger partial charge is 0.478 e. The van der Waals surface area contributed by atoms with Crippen LogP contribution in [0.5, 0.6) is 0 Å². The van der Waals surface area contributed by atoms with E-state index in [9.17, 15) is 4.79 Å². The Labute approximate surface area is 127 Å². The van der Waals surface area contributed by atoms with E-state index in [2.05, 4.69) is 34.7 Å². The van der Waals surface area contributed by atoms with Gasteiger partial charge in [-0.1, -0.05) is 22.0 Å². The predicted octanol–water partition coefficient (Wildman–Crippen LogP) is 3.16. The SMILES string of the molecule is CC1CN(c2ccc(/C=C/C(=O)O)c(Br)c2)C(C)CO1. The van der Waals surface area contributed by atoms with Gasteiger partial charge in [0.25, 0.3) is 0 Å². The van der Waals surface area contributed by atoms with Crippen LogP contribution in [-0.4, -0.2) is 36.4 Å². The fourth-order valence-electron chi connectivity index (χ4n) is 2.25. The third-order valence-corrected chi connectivity index (χ3v) is 4.02. The van der Waals surface area contributed by atoms with Crippen molar-refractivity contribution in [3.05, 3.63) is 34.3 Å². The first kappa shape index (κ1) is 15.1. The first-order valence-corrected chi connectivity index (χ1v) is 7.35. The van der Waals surface area contributed by atoms with E-state index in [4.69, 9.17) is 9.84 Å². The fraction of sp³-hybridized carbons (Fsp3) is 0.400. The first-order chi connectivity index (χ1) is 9.47. The molecule has 1 fully saturated rings. The average molecular weight is 340 g/mol. The van der Waals surface area contributed by atoms with Crippen LogP contribution in [0.1, 0.15) is 19.4 Å². The van der Waals surface area contributed by atoms with E-state index in [0.29, 0.717) is 6.04 Å². The second-order valence-electron chi connectivity index (χ2n) is 5.02. The molecule has 1 N–H and O–H groups in total. The Bertz CT molecular complexity index is 530. The number of carboxylic acids is 1. The van der Waals surface area contributed by atoms with Crippen LogP contribution in [0.4, 0.5) is 5.69 Å². The summed E-state index contributed by atoms with van der Waals surface area (Å²) in [4.78, 5) is 12.9. The lowest BCUT2D eigenvalue weighted by Gasteiger charge is -2.38. The molecular weight excluding hydrogens is 322 g/mol. The zero-order valence-electron chi connectivity index (χ0n) is 11.5. The molecule has 2 rings (SSSR count). The van der Waals surface area contributed by atoms with Gasteiger partial charge in [-0.05, 0) is 37.6 Å². The Hall–Kier alpha value is -1.33. The number of carbonyl (C=O) groups is 1. The smallest absolute Gasteiger partial charge is 0.328 e. The molecule has 5 heteroatoms.